The van der Waals surface area contributed by atoms with E-state index in [2.05, 4.69) is 0 Å². The molecule has 21 heavy (non-hydrogen) atoms. The molecule has 0 saturated carbocycles. The average molecular weight is 290 g/mol. The van der Waals surface area contributed by atoms with Crippen molar-refractivity contribution in [2.75, 3.05) is 6.61 Å². The number of rotatable bonds is 4. The largest absolute Gasteiger partial charge is 0.460 e. The second kappa shape index (κ2) is 5.99. The Morgan fingerprint density at radius 1 is 1.29 bits per heavy atom. The van der Waals surface area contributed by atoms with Gasteiger partial charge in [-0.05, 0) is 18.6 Å². The summed E-state index contributed by atoms with van der Waals surface area (Å²) < 4.78 is 15.7. The summed E-state index contributed by atoms with van der Waals surface area (Å²) in [5.74, 6) is -3.43. The summed E-state index contributed by atoms with van der Waals surface area (Å²) >= 11 is 0. The molecule has 2 rings (SSSR count). The normalized spacial score (nSPS) is 23.0. The lowest BCUT2D eigenvalue weighted by Crippen LogP contribution is -2.46. The molecule has 1 aromatic carbocycles. The molecule has 1 saturated heterocycles. The van der Waals surface area contributed by atoms with Gasteiger partial charge in [0.05, 0.1) is 6.61 Å². The van der Waals surface area contributed by atoms with Gasteiger partial charge in [0.15, 0.2) is 0 Å². The molecule has 0 bridgehead atoms. The quantitative estimate of drug-likeness (QED) is 0.630. The zero-order valence-electron chi connectivity index (χ0n) is 12.3. The molecule has 1 fully saturated rings. The average Bonchev–Trinajstić information content (AvgIpc) is 2.79. The molecular weight excluding hydrogens is 272 g/mol. The monoisotopic (exact) mass is 290 g/mol. The minimum Gasteiger partial charge on any atom is -0.460 e. The van der Waals surface area contributed by atoms with Crippen LogP contribution in [0.25, 0.3) is 6.08 Å². The first-order chi connectivity index (χ1) is 9.99. The van der Waals surface area contributed by atoms with Crippen LogP contribution >= 0.6 is 0 Å². The number of benzene rings is 1. The van der Waals surface area contributed by atoms with Crippen LogP contribution in [0.3, 0.4) is 0 Å². The number of carbonyl (C=O) groups is 2. The Hall–Kier alpha value is -2.30. The lowest BCUT2D eigenvalue weighted by atomic mass is 10.0. The van der Waals surface area contributed by atoms with Crippen LogP contribution in [0.15, 0.2) is 36.1 Å². The summed E-state index contributed by atoms with van der Waals surface area (Å²) in [5, 5.41) is 0. The molecule has 0 N–H and O–H groups in total. The number of carbonyl (C=O) groups excluding carboxylic acids is 2. The molecule has 0 spiro atoms. The predicted molar refractivity (Wildman–Crippen MR) is 75.8 cm³/mol. The standard InChI is InChI=1S/C16H18O5/c1-4-19-15(18)16(11(2)3)20-13(14(17)21-16)10-12-8-6-5-7-9-12/h5-11H,4H2,1-3H3/b13-10-/t16-/m0/s1. The van der Waals surface area contributed by atoms with Gasteiger partial charge in [-0.25, -0.2) is 9.59 Å². The van der Waals surface area contributed by atoms with Crippen LogP contribution in [0, 0.1) is 5.92 Å². The van der Waals surface area contributed by atoms with Crippen molar-refractivity contribution >= 4 is 18.0 Å². The first-order valence-corrected chi connectivity index (χ1v) is 6.86. The zero-order chi connectivity index (χ0) is 15.5. The van der Waals surface area contributed by atoms with Crippen LogP contribution < -0.4 is 0 Å². The van der Waals surface area contributed by atoms with Crippen molar-refractivity contribution in [3.05, 3.63) is 41.7 Å². The minimum absolute atomic E-state index is 0.00273. The Kier molecular flexibility index (Phi) is 4.31. The summed E-state index contributed by atoms with van der Waals surface area (Å²) in [5.41, 5.74) is 0.785. The number of hydrogen-bond donors (Lipinski definition) is 0. The Labute approximate surface area is 123 Å². The molecular formula is C16H18O5. The zero-order valence-corrected chi connectivity index (χ0v) is 12.3. The number of cyclic esters (lactones) is 1. The van der Waals surface area contributed by atoms with E-state index in [1.807, 2.05) is 30.3 Å². The maximum atomic E-state index is 12.1. The molecule has 1 aromatic rings. The third-order valence-corrected chi connectivity index (χ3v) is 3.12. The van der Waals surface area contributed by atoms with Crippen molar-refractivity contribution in [1.82, 2.24) is 0 Å². The third kappa shape index (κ3) is 2.91. The first-order valence-electron chi connectivity index (χ1n) is 6.86. The Morgan fingerprint density at radius 3 is 2.52 bits per heavy atom. The molecule has 112 valence electrons. The van der Waals surface area contributed by atoms with Crippen LogP contribution in [0.2, 0.25) is 0 Å². The van der Waals surface area contributed by atoms with E-state index in [0.29, 0.717) is 0 Å². The molecule has 0 amide bonds. The fourth-order valence-corrected chi connectivity index (χ4v) is 1.99. The molecule has 0 unspecified atom stereocenters. The van der Waals surface area contributed by atoms with Crippen LogP contribution in [0.5, 0.6) is 0 Å². The van der Waals surface area contributed by atoms with Gasteiger partial charge in [-0.3, -0.25) is 0 Å². The van der Waals surface area contributed by atoms with Gasteiger partial charge >= 0.3 is 17.7 Å². The van der Waals surface area contributed by atoms with Crippen LogP contribution in [0.4, 0.5) is 0 Å². The second-order valence-corrected chi connectivity index (χ2v) is 4.95. The predicted octanol–water partition coefficient (Wildman–Crippen LogP) is 2.52. The van der Waals surface area contributed by atoms with E-state index in [0.717, 1.165) is 5.56 Å². The van der Waals surface area contributed by atoms with Crippen LogP contribution in [-0.2, 0) is 23.8 Å². The van der Waals surface area contributed by atoms with Crippen molar-refractivity contribution in [1.29, 1.82) is 0 Å². The smallest absolute Gasteiger partial charge is 0.393 e. The molecule has 1 atom stereocenters. The summed E-state index contributed by atoms with van der Waals surface area (Å²) in [4.78, 5) is 24.1. The van der Waals surface area contributed by atoms with E-state index < -0.39 is 17.7 Å². The lowest BCUT2D eigenvalue weighted by Gasteiger charge is -2.27. The fraction of sp³-hybridized carbons (Fsp3) is 0.375. The van der Waals surface area contributed by atoms with Gasteiger partial charge in [0.1, 0.15) is 0 Å². The molecule has 5 nitrogen and oxygen atoms in total. The van der Waals surface area contributed by atoms with Crippen molar-refractivity contribution in [3.63, 3.8) is 0 Å². The van der Waals surface area contributed by atoms with Crippen LogP contribution in [0.1, 0.15) is 26.3 Å². The maximum absolute atomic E-state index is 12.1. The van der Waals surface area contributed by atoms with Gasteiger partial charge in [0.25, 0.3) is 0 Å². The third-order valence-electron chi connectivity index (χ3n) is 3.12. The van der Waals surface area contributed by atoms with Crippen molar-refractivity contribution < 1.29 is 23.8 Å². The Morgan fingerprint density at radius 2 is 1.95 bits per heavy atom. The second-order valence-electron chi connectivity index (χ2n) is 4.95. The van der Waals surface area contributed by atoms with Gasteiger partial charge in [-0.1, -0.05) is 44.2 Å². The fourth-order valence-electron chi connectivity index (χ4n) is 1.99. The van der Waals surface area contributed by atoms with Gasteiger partial charge in [0.2, 0.25) is 5.76 Å². The maximum Gasteiger partial charge on any atom is 0.393 e. The summed E-state index contributed by atoms with van der Waals surface area (Å²) in [6, 6.07) is 9.20. The van der Waals surface area contributed by atoms with Crippen molar-refractivity contribution in [2.45, 2.75) is 26.6 Å². The Bertz CT molecular complexity index is 561. The van der Waals surface area contributed by atoms with E-state index in [9.17, 15) is 9.59 Å². The topological polar surface area (TPSA) is 61.8 Å². The van der Waals surface area contributed by atoms with E-state index in [1.165, 1.54) is 0 Å². The van der Waals surface area contributed by atoms with Crippen molar-refractivity contribution in [2.24, 2.45) is 5.92 Å². The SMILES string of the molecule is CCOC(=O)[C@]1(C(C)C)OC(=O)/C(=C/c2ccccc2)O1. The number of ether oxygens (including phenoxy) is 3. The molecule has 1 heterocycles. The molecule has 1 aliphatic rings. The van der Waals surface area contributed by atoms with E-state index in [-0.39, 0.29) is 18.3 Å². The molecule has 0 aromatic heterocycles. The highest BCUT2D eigenvalue weighted by Gasteiger charge is 2.56. The molecule has 5 heteroatoms. The molecule has 0 aliphatic carbocycles. The van der Waals surface area contributed by atoms with E-state index in [4.69, 9.17) is 14.2 Å². The van der Waals surface area contributed by atoms with Gasteiger partial charge in [-0.2, -0.15) is 0 Å². The lowest BCUT2D eigenvalue weighted by molar-refractivity contribution is -0.217. The summed E-state index contributed by atoms with van der Waals surface area (Å²) in [7, 11) is 0. The highest BCUT2D eigenvalue weighted by Crippen LogP contribution is 2.36. The summed E-state index contributed by atoms with van der Waals surface area (Å²) in [6.07, 6.45) is 1.55. The highest BCUT2D eigenvalue weighted by molar-refractivity contribution is 5.97. The summed E-state index contributed by atoms with van der Waals surface area (Å²) in [6.45, 7) is 5.33. The van der Waals surface area contributed by atoms with Gasteiger partial charge in [-0.15, -0.1) is 0 Å². The minimum atomic E-state index is -1.70. The van der Waals surface area contributed by atoms with Gasteiger partial charge < -0.3 is 14.2 Å². The molecule has 1 aliphatic heterocycles. The number of esters is 2. The van der Waals surface area contributed by atoms with E-state index in [1.54, 1.807) is 26.8 Å². The number of hydrogen-bond acceptors (Lipinski definition) is 5. The van der Waals surface area contributed by atoms with Gasteiger partial charge in [0, 0.05) is 5.92 Å². The first kappa shape index (κ1) is 15.1. The highest BCUT2D eigenvalue weighted by atomic mass is 16.8. The van der Waals surface area contributed by atoms with Crippen molar-refractivity contribution in [3.8, 4) is 0 Å². The van der Waals surface area contributed by atoms with Crippen LogP contribution in [-0.4, -0.2) is 24.3 Å². The molecule has 0 radical (unpaired) electrons. The van der Waals surface area contributed by atoms with E-state index >= 15 is 0 Å². The Balaban J connectivity index is 2.31.